The highest BCUT2D eigenvalue weighted by Gasteiger charge is 2.19. The maximum absolute atomic E-state index is 11.9. The lowest BCUT2D eigenvalue weighted by molar-refractivity contribution is 0.0995. The Morgan fingerprint density at radius 2 is 1.85 bits per heavy atom. The molecule has 1 aromatic heterocycles. The van der Waals surface area contributed by atoms with Gasteiger partial charge in [-0.2, -0.15) is 4.98 Å². The first-order chi connectivity index (χ1) is 16.0. The van der Waals surface area contributed by atoms with Crippen molar-refractivity contribution in [2.45, 2.75) is 19.4 Å². The smallest absolute Gasteiger partial charge is 0.273 e. The van der Waals surface area contributed by atoms with Crippen LogP contribution in [0.4, 0.5) is 23.1 Å². The number of hydrogen-bond acceptors (Lipinski definition) is 9. The van der Waals surface area contributed by atoms with Crippen LogP contribution >= 0.6 is 0 Å². The van der Waals surface area contributed by atoms with Crippen molar-refractivity contribution in [2.75, 3.05) is 37.9 Å². The predicted octanol–water partition coefficient (Wildman–Crippen LogP) is 1.99. The van der Waals surface area contributed by atoms with Crippen LogP contribution in [-0.2, 0) is 19.4 Å². The molecule has 2 heterocycles. The number of hydrogen-bond donors (Lipinski definition) is 4. The number of nitrogens with two attached hydrogens (primary N) is 1. The summed E-state index contributed by atoms with van der Waals surface area (Å²) in [6.07, 6.45) is 1.88. The summed E-state index contributed by atoms with van der Waals surface area (Å²) in [5.74, 6) is 0.211. The third-order valence-corrected chi connectivity index (χ3v) is 5.65. The summed E-state index contributed by atoms with van der Waals surface area (Å²) in [5.41, 5.74) is 9.79. The number of aliphatic hydroxyl groups is 1. The van der Waals surface area contributed by atoms with Crippen molar-refractivity contribution >= 4 is 29.0 Å². The molecule has 10 heteroatoms. The van der Waals surface area contributed by atoms with Gasteiger partial charge < -0.3 is 31.1 Å². The number of ether oxygens (including phenoxy) is 1. The molecule has 0 aliphatic carbocycles. The van der Waals surface area contributed by atoms with Gasteiger partial charge in [-0.05, 0) is 49.2 Å². The number of benzene rings is 2. The van der Waals surface area contributed by atoms with Crippen molar-refractivity contribution in [2.24, 2.45) is 5.73 Å². The van der Waals surface area contributed by atoms with Gasteiger partial charge >= 0.3 is 0 Å². The van der Waals surface area contributed by atoms with Crippen LogP contribution in [0, 0.1) is 0 Å². The van der Waals surface area contributed by atoms with Crippen LogP contribution in [0.2, 0.25) is 0 Å². The molecule has 4 rings (SSSR count). The molecular weight excluding hydrogens is 422 g/mol. The molecule has 0 fully saturated rings. The monoisotopic (exact) mass is 449 g/mol. The first-order valence-corrected chi connectivity index (χ1v) is 10.6. The van der Waals surface area contributed by atoms with E-state index in [-0.39, 0.29) is 24.1 Å². The quantitative estimate of drug-likeness (QED) is 0.426. The number of nitrogens with one attached hydrogen (secondary N) is 2. The number of rotatable bonds is 7. The molecule has 0 unspecified atom stereocenters. The Balaban J connectivity index is 1.68. The van der Waals surface area contributed by atoms with E-state index >= 15 is 0 Å². The highest BCUT2D eigenvalue weighted by molar-refractivity contribution is 5.96. The van der Waals surface area contributed by atoms with Crippen LogP contribution in [0.15, 0.2) is 36.4 Å². The minimum absolute atomic E-state index is 0.106. The van der Waals surface area contributed by atoms with Gasteiger partial charge in [-0.15, -0.1) is 10.2 Å². The lowest BCUT2D eigenvalue weighted by Crippen LogP contribution is -2.20. The average molecular weight is 450 g/mol. The molecule has 33 heavy (non-hydrogen) atoms. The second-order valence-corrected chi connectivity index (χ2v) is 7.89. The molecule has 172 valence electrons. The summed E-state index contributed by atoms with van der Waals surface area (Å²) in [4.78, 5) is 18.6. The van der Waals surface area contributed by atoms with Gasteiger partial charge in [0, 0.05) is 24.3 Å². The van der Waals surface area contributed by atoms with Crippen molar-refractivity contribution in [3.63, 3.8) is 0 Å². The number of methoxy groups -OCH3 is 1. The average Bonchev–Trinajstić information content (AvgIpc) is 3.00. The number of primary amides is 1. The number of carbonyl (C=O) groups excluding carboxylic acids is 1. The van der Waals surface area contributed by atoms with E-state index in [0.717, 1.165) is 25.9 Å². The molecule has 10 nitrogen and oxygen atoms in total. The Labute approximate surface area is 191 Å². The van der Waals surface area contributed by atoms with E-state index < -0.39 is 5.91 Å². The second-order valence-electron chi connectivity index (χ2n) is 7.89. The molecule has 1 aliphatic heterocycles. The molecule has 0 bridgehead atoms. The Morgan fingerprint density at radius 3 is 2.55 bits per heavy atom. The lowest BCUT2D eigenvalue weighted by Gasteiger charge is -2.16. The largest absolute Gasteiger partial charge is 0.495 e. The van der Waals surface area contributed by atoms with Crippen molar-refractivity contribution in [3.05, 3.63) is 58.8 Å². The fourth-order valence-corrected chi connectivity index (χ4v) is 3.79. The number of fused-ring (bicyclic) bond motifs is 1. The minimum Gasteiger partial charge on any atom is -0.495 e. The Bertz CT molecular complexity index is 1170. The number of para-hydroxylation sites is 1. The zero-order valence-corrected chi connectivity index (χ0v) is 18.6. The number of aliphatic hydroxyl groups excluding tert-OH is 1. The standard InChI is InChI=1S/C23H27N7O3/c1-30-9-7-14-11-18(19(33-2)12-15(14)8-10-30)26-23-27-22(20(21(24)32)28-29-23)25-17-6-4-3-5-16(17)13-31/h3-6,11-12,31H,7-10,13H2,1-2H3,(H2,24,32)(H2,25,26,27,29). The highest BCUT2D eigenvalue weighted by atomic mass is 16.5. The molecule has 0 spiro atoms. The van der Waals surface area contributed by atoms with E-state index in [0.29, 0.717) is 22.7 Å². The molecule has 3 aromatic rings. The summed E-state index contributed by atoms with van der Waals surface area (Å²) in [7, 11) is 3.73. The van der Waals surface area contributed by atoms with Crippen molar-refractivity contribution < 1.29 is 14.6 Å². The molecule has 0 saturated heterocycles. The van der Waals surface area contributed by atoms with Gasteiger partial charge in [-0.1, -0.05) is 18.2 Å². The SMILES string of the molecule is COc1cc2c(cc1Nc1nnc(C(N)=O)c(Nc3ccccc3CO)n1)CCN(C)CC2. The number of nitrogens with zero attached hydrogens (tertiary/aromatic N) is 4. The molecule has 0 atom stereocenters. The van der Waals surface area contributed by atoms with E-state index in [1.54, 1.807) is 31.4 Å². The van der Waals surface area contributed by atoms with Crippen molar-refractivity contribution in [3.8, 4) is 5.75 Å². The molecule has 0 radical (unpaired) electrons. The third kappa shape index (κ3) is 5.02. The van der Waals surface area contributed by atoms with E-state index in [2.05, 4.69) is 37.8 Å². The van der Waals surface area contributed by atoms with Crippen molar-refractivity contribution in [1.82, 2.24) is 20.1 Å². The number of anilines is 4. The Morgan fingerprint density at radius 1 is 1.12 bits per heavy atom. The number of amides is 1. The van der Waals surface area contributed by atoms with Gasteiger partial charge in [0.25, 0.3) is 5.91 Å². The van der Waals surface area contributed by atoms with Gasteiger partial charge in [0.1, 0.15) is 5.75 Å². The van der Waals surface area contributed by atoms with Crippen LogP contribution in [0.5, 0.6) is 5.75 Å². The molecular formula is C23H27N7O3. The van der Waals surface area contributed by atoms with Gasteiger partial charge in [0.05, 0.1) is 19.4 Å². The van der Waals surface area contributed by atoms with Crippen molar-refractivity contribution in [1.29, 1.82) is 0 Å². The van der Waals surface area contributed by atoms with Gasteiger partial charge in [-0.3, -0.25) is 4.79 Å². The summed E-state index contributed by atoms with van der Waals surface area (Å²) >= 11 is 0. The van der Waals surface area contributed by atoms with Crippen LogP contribution in [-0.4, -0.2) is 58.3 Å². The third-order valence-electron chi connectivity index (χ3n) is 5.65. The molecule has 5 N–H and O–H groups in total. The fraction of sp³-hybridized carbons (Fsp3) is 0.304. The summed E-state index contributed by atoms with van der Waals surface area (Å²) in [6.45, 7) is 1.79. The van der Waals surface area contributed by atoms with Crippen LogP contribution in [0.1, 0.15) is 27.2 Å². The first kappa shape index (κ1) is 22.4. The summed E-state index contributed by atoms with van der Waals surface area (Å²) < 4.78 is 5.60. The van der Waals surface area contributed by atoms with Gasteiger partial charge in [0.2, 0.25) is 5.95 Å². The molecule has 1 aliphatic rings. The Hall–Kier alpha value is -3.76. The van der Waals surface area contributed by atoms with Crippen LogP contribution < -0.4 is 21.1 Å². The highest BCUT2D eigenvalue weighted by Crippen LogP contribution is 2.32. The second kappa shape index (κ2) is 9.80. The van der Waals surface area contributed by atoms with E-state index in [1.165, 1.54) is 11.1 Å². The molecule has 0 saturated carbocycles. The maximum atomic E-state index is 11.9. The van der Waals surface area contributed by atoms with Crippen LogP contribution in [0.25, 0.3) is 0 Å². The molecule has 1 amide bonds. The van der Waals surface area contributed by atoms with E-state index in [9.17, 15) is 9.90 Å². The summed E-state index contributed by atoms with van der Waals surface area (Å²) in [5, 5.41) is 23.8. The van der Waals surface area contributed by atoms with Gasteiger partial charge in [0.15, 0.2) is 11.5 Å². The van der Waals surface area contributed by atoms with Gasteiger partial charge in [-0.25, -0.2) is 0 Å². The maximum Gasteiger partial charge on any atom is 0.273 e. The first-order valence-electron chi connectivity index (χ1n) is 10.6. The Kier molecular flexibility index (Phi) is 6.66. The normalized spacial score (nSPS) is 13.7. The minimum atomic E-state index is -0.766. The predicted molar refractivity (Wildman–Crippen MR) is 125 cm³/mol. The zero-order chi connectivity index (χ0) is 23.4. The topological polar surface area (TPSA) is 139 Å². The lowest BCUT2D eigenvalue weighted by atomic mass is 10.0. The number of carbonyl (C=O) groups is 1. The molecule has 2 aromatic carbocycles. The fourth-order valence-electron chi connectivity index (χ4n) is 3.79. The van der Waals surface area contributed by atoms with E-state index in [4.69, 9.17) is 10.5 Å². The summed E-state index contributed by atoms with van der Waals surface area (Å²) in [6, 6.07) is 11.2. The zero-order valence-electron chi connectivity index (χ0n) is 18.6. The van der Waals surface area contributed by atoms with Crippen LogP contribution in [0.3, 0.4) is 0 Å². The number of likely N-dealkylation sites (N-methyl/N-ethyl adjacent to an activating group) is 1. The number of aromatic nitrogens is 3. The van der Waals surface area contributed by atoms with E-state index in [1.807, 2.05) is 12.1 Å².